The summed E-state index contributed by atoms with van der Waals surface area (Å²) in [5.74, 6) is 0. The van der Waals surface area contributed by atoms with E-state index in [9.17, 15) is 0 Å². The first-order chi connectivity index (χ1) is 8.15. The zero-order valence-electron chi connectivity index (χ0n) is 9.60. The van der Waals surface area contributed by atoms with E-state index in [1.165, 1.54) is 5.56 Å². The van der Waals surface area contributed by atoms with Crippen LogP contribution in [-0.2, 0) is 0 Å². The van der Waals surface area contributed by atoms with E-state index >= 15 is 0 Å². The lowest BCUT2D eigenvalue weighted by Crippen LogP contribution is -2.08. The van der Waals surface area contributed by atoms with Crippen molar-refractivity contribution in [1.29, 1.82) is 0 Å². The van der Waals surface area contributed by atoms with Gasteiger partial charge in [0.2, 0.25) is 0 Å². The monoisotopic (exact) mass is 242 g/mol. The third-order valence-corrected chi connectivity index (χ3v) is 2.75. The summed E-state index contributed by atoms with van der Waals surface area (Å²) in [6.45, 7) is 2.07. The minimum atomic E-state index is 0.423. The van der Waals surface area contributed by atoms with E-state index in [0.717, 1.165) is 16.9 Å². The van der Waals surface area contributed by atoms with Crippen LogP contribution in [0.4, 0.5) is 11.4 Å². The normalized spacial score (nSPS) is 9.94. The Morgan fingerprint density at radius 2 is 1.41 bits per heavy atom. The first-order valence-corrected chi connectivity index (χ1v) is 5.79. The summed E-state index contributed by atoms with van der Waals surface area (Å²) in [5.41, 5.74) is 9.77. The third-order valence-electron chi connectivity index (χ3n) is 2.51. The Kier molecular flexibility index (Phi) is 3.40. The maximum atomic E-state index is 5.54. The highest BCUT2D eigenvalue weighted by Crippen LogP contribution is 2.17. The van der Waals surface area contributed by atoms with Crippen molar-refractivity contribution in [3.63, 3.8) is 0 Å². The first-order valence-electron chi connectivity index (χ1n) is 5.39. The Hall–Kier alpha value is -1.87. The van der Waals surface area contributed by atoms with Gasteiger partial charge in [0, 0.05) is 16.9 Å². The molecule has 2 aromatic rings. The molecule has 0 aromatic heterocycles. The summed E-state index contributed by atoms with van der Waals surface area (Å²) in [6, 6.07) is 16.0. The highest BCUT2D eigenvalue weighted by Gasteiger charge is 1.97. The number of hydrogen-bond acceptors (Lipinski definition) is 2. The Balaban J connectivity index is 2.13. The molecule has 0 saturated heterocycles. The number of thiocarbonyl (C=S) groups is 1. The van der Waals surface area contributed by atoms with Crippen molar-refractivity contribution in [2.45, 2.75) is 6.92 Å². The minimum absolute atomic E-state index is 0.423. The average molecular weight is 242 g/mol. The molecule has 0 heterocycles. The van der Waals surface area contributed by atoms with Gasteiger partial charge < -0.3 is 11.1 Å². The van der Waals surface area contributed by atoms with Crippen LogP contribution in [0.15, 0.2) is 48.5 Å². The van der Waals surface area contributed by atoms with E-state index in [2.05, 4.69) is 36.5 Å². The van der Waals surface area contributed by atoms with Crippen LogP contribution in [0.5, 0.6) is 0 Å². The fourth-order valence-corrected chi connectivity index (χ4v) is 1.66. The van der Waals surface area contributed by atoms with E-state index < -0.39 is 0 Å². The molecule has 86 valence electrons. The van der Waals surface area contributed by atoms with E-state index in [1.807, 2.05) is 24.3 Å². The van der Waals surface area contributed by atoms with Crippen LogP contribution in [0.3, 0.4) is 0 Å². The van der Waals surface area contributed by atoms with Gasteiger partial charge in [0.25, 0.3) is 0 Å². The molecule has 17 heavy (non-hydrogen) atoms. The van der Waals surface area contributed by atoms with Gasteiger partial charge in [0.05, 0.1) is 0 Å². The first kappa shape index (κ1) is 11.6. The summed E-state index contributed by atoms with van der Waals surface area (Å²) in [5, 5.41) is 3.31. The molecule has 3 N–H and O–H groups in total. The molecule has 0 aliphatic carbocycles. The fraction of sp³-hybridized carbons (Fsp3) is 0.0714. The molecule has 0 fully saturated rings. The highest BCUT2D eigenvalue weighted by molar-refractivity contribution is 7.80. The summed E-state index contributed by atoms with van der Waals surface area (Å²) in [6.07, 6.45) is 0. The number of aryl methyl sites for hydroxylation is 1. The van der Waals surface area contributed by atoms with Gasteiger partial charge in [-0.15, -0.1) is 0 Å². The Morgan fingerprint density at radius 1 is 0.941 bits per heavy atom. The molecule has 2 nitrogen and oxygen atoms in total. The van der Waals surface area contributed by atoms with E-state index in [1.54, 1.807) is 0 Å². The van der Waals surface area contributed by atoms with Gasteiger partial charge in [-0.3, -0.25) is 0 Å². The predicted molar refractivity (Wildman–Crippen MR) is 76.8 cm³/mol. The molecule has 0 saturated carbocycles. The molecule has 2 rings (SSSR count). The van der Waals surface area contributed by atoms with Crippen molar-refractivity contribution in [2.24, 2.45) is 5.73 Å². The lowest BCUT2D eigenvalue weighted by atomic mass is 10.2. The molecule has 0 aliphatic rings. The molecule has 0 aliphatic heterocycles. The van der Waals surface area contributed by atoms with Crippen molar-refractivity contribution in [2.75, 3.05) is 5.32 Å². The van der Waals surface area contributed by atoms with Crippen molar-refractivity contribution in [3.8, 4) is 0 Å². The standard InChI is InChI=1S/C14H14N2S/c1-10-2-6-12(7-3-10)16-13-8-4-11(5-9-13)14(15)17/h2-9,16H,1H3,(H2,15,17). The van der Waals surface area contributed by atoms with Crippen LogP contribution in [0.1, 0.15) is 11.1 Å². The lowest BCUT2D eigenvalue weighted by molar-refractivity contribution is 1.45. The minimum Gasteiger partial charge on any atom is -0.389 e. The van der Waals surface area contributed by atoms with Crippen molar-refractivity contribution >= 4 is 28.6 Å². The van der Waals surface area contributed by atoms with E-state index in [-0.39, 0.29) is 0 Å². The van der Waals surface area contributed by atoms with Crippen molar-refractivity contribution in [3.05, 3.63) is 59.7 Å². The zero-order chi connectivity index (χ0) is 12.3. The molecule has 0 radical (unpaired) electrons. The van der Waals surface area contributed by atoms with Gasteiger partial charge in [-0.25, -0.2) is 0 Å². The molecular weight excluding hydrogens is 228 g/mol. The molecule has 0 atom stereocenters. The number of rotatable bonds is 3. The average Bonchev–Trinajstić information content (AvgIpc) is 2.33. The molecule has 0 spiro atoms. The van der Waals surface area contributed by atoms with Crippen LogP contribution in [0, 0.1) is 6.92 Å². The summed E-state index contributed by atoms with van der Waals surface area (Å²) < 4.78 is 0. The highest BCUT2D eigenvalue weighted by atomic mass is 32.1. The van der Waals surface area contributed by atoms with Crippen LogP contribution in [0.25, 0.3) is 0 Å². The van der Waals surface area contributed by atoms with Gasteiger partial charge in [0.15, 0.2) is 0 Å². The Morgan fingerprint density at radius 3 is 1.88 bits per heavy atom. The Bertz CT molecular complexity index is 515. The molecular formula is C14H14N2S. The number of anilines is 2. The number of nitrogens with one attached hydrogen (secondary N) is 1. The van der Waals surface area contributed by atoms with Gasteiger partial charge in [-0.2, -0.15) is 0 Å². The van der Waals surface area contributed by atoms with Gasteiger partial charge in [0.1, 0.15) is 4.99 Å². The summed E-state index contributed by atoms with van der Waals surface area (Å²) >= 11 is 4.91. The largest absolute Gasteiger partial charge is 0.389 e. The third kappa shape index (κ3) is 3.04. The fourth-order valence-electron chi connectivity index (χ4n) is 1.52. The van der Waals surface area contributed by atoms with E-state index in [4.69, 9.17) is 18.0 Å². The number of benzene rings is 2. The number of hydrogen-bond donors (Lipinski definition) is 2. The quantitative estimate of drug-likeness (QED) is 0.810. The number of nitrogens with two attached hydrogens (primary N) is 1. The second kappa shape index (κ2) is 4.97. The van der Waals surface area contributed by atoms with Gasteiger partial charge >= 0.3 is 0 Å². The van der Waals surface area contributed by atoms with Crippen LogP contribution in [0.2, 0.25) is 0 Å². The predicted octanol–water partition coefficient (Wildman–Crippen LogP) is 3.37. The summed E-state index contributed by atoms with van der Waals surface area (Å²) in [7, 11) is 0. The Labute approximate surface area is 106 Å². The smallest absolute Gasteiger partial charge is 0.103 e. The van der Waals surface area contributed by atoms with E-state index in [0.29, 0.717) is 4.99 Å². The van der Waals surface area contributed by atoms with Crippen molar-refractivity contribution < 1.29 is 0 Å². The van der Waals surface area contributed by atoms with Crippen LogP contribution < -0.4 is 11.1 Å². The molecule has 0 amide bonds. The topological polar surface area (TPSA) is 38.0 Å². The maximum Gasteiger partial charge on any atom is 0.103 e. The van der Waals surface area contributed by atoms with Gasteiger partial charge in [-0.05, 0) is 43.3 Å². The van der Waals surface area contributed by atoms with Crippen LogP contribution in [-0.4, -0.2) is 4.99 Å². The second-order valence-electron chi connectivity index (χ2n) is 3.93. The maximum absolute atomic E-state index is 5.54. The zero-order valence-corrected chi connectivity index (χ0v) is 10.4. The molecule has 3 heteroatoms. The SMILES string of the molecule is Cc1ccc(Nc2ccc(C(N)=S)cc2)cc1. The molecule has 0 unspecified atom stereocenters. The summed E-state index contributed by atoms with van der Waals surface area (Å²) in [4.78, 5) is 0.423. The van der Waals surface area contributed by atoms with Crippen LogP contribution >= 0.6 is 12.2 Å². The van der Waals surface area contributed by atoms with Gasteiger partial charge in [-0.1, -0.05) is 29.9 Å². The molecule has 2 aromatic carbocycles. The molecule has 0 bridgehead atoms. The second-order valence-corrected chi connectivity index (χ2v) is 4.37. The lowest BCUT2D eigenvalue weighted by Gasteiger charge is -2.07. The van der Waals surface area contributed by atoms with Crippen molar-refractivity contribution in [1.82, 2.24) is 0 Å².